The molecule has 0 spiro atoms. The number of carbonyl (C=O) groups excluding carboxylic acids is 1. The molecule has 1 unspecified atom stereocenters. The minimum absolute atomic E-state index is 0.180. The van der Waals surface area contributed by atoms with Gasteiger partial charge < -0.3 is 9.47 Å². The Hall–Kier alpha value is -3.07. The maximum atomic E-state index is 11.6. The third kappa shape index (κ3) is 7.21. The zero-order chi connectivity index (χ0) is 23.5. The molecule has 0 aliphatic carbocycles. The topological polar surface area (TPSA) is 35.5 Å². The van der Waals surface area contributed by atoms with Crippen molar-refractivity contribution in [1.82, 2.24) is 0 Å². The average Bonchev–Trinajstić information content (AvgIpc) is 2.86. The van der Waals surface area contributed by atoms with Gasteiger partial charge in [0.05, 0.1) is 6.61 Å². The summed E-state index contributed by atoms with van der Waals surface area (Å²) in [5.74, 6) is 0.743. The van der Waals surface area contributed by atoms with Crippen LogP contribution >= 0.6 is 0 Å². The van der Waals surface area contributed by atoms with Gasteiger partial charge in [-0.2, -0.15) is 0 Å². The molecule has 1 atom stereocenters. The van der Waals surface area contributed by atoms with Gasteiger partial charge in [0.2, 0.25) is 0 Å². The Morgan fingerprint density at radius 3 is 1.91 bits per heavy atom. The molecule has 3 aromatic rings. The molecule has 0 aliphatic heterocycles. The van der Waals surface area contributed by atoms with E-state index in [2.05, 4.69) is 67.6 Å². The van der Waals surface area contributed by atoms with Gasteiger partial charge in [-0.3, -0.25) is 4.79 Å². The standard InChI is InChI=1S/C30H36O3/c1-4-6-7-8-11-22-32-27-20-18-26(19-21-27)29-13-10-9-12-28(29)25-16-14-24(15-17-25)23(3)33-30(31)5-2/h9-10,12-21,23H,4-8,11,22H2,1-3H3. The molecule has 3 aromatic carbocycles. The normalized spacial score (nSPS) is 11.7. The molecule has 0 radical (unpaired) electrons. The molecule has 0 N–H and O–H groups in total. The second kappa shape index (κ2) is 12.8. The van der Waals surface area contributed by atoms with E-state index in [1.807, 2.05) is 26.0 Å². The van der Waals surface area contributed by atoms with E-state index in [4.69, 9.17) is 9.47 Å². The molecule has 0 saturated heterocycles. The molecule has 0 amide bonds. The molecule has 0 bridgehead atoms. The fraction of sp³-hybridized carbons (Fsp3) is 0.367. The van der Waals surface area contributed by atoms with Crippen LogP contribution in [0.25, 0.3) is 22.3 Å². The van der Waals surface area contributed by atoms with Crippen molar-refractivity contribution in [3.8, 4) is 28.0 Å². The molecule has 0 aromatic heterocycles. The van der Waals surface area contributed by atoms with Gasteiger partial charge in [0, 0.05) is 6.42 Å². The fourth-order valence-corrected chi connectivity index (χ4v) is 3.90. The lowest BCUT2D eigenvalue weighted by Gasteiger charge is -2.15. The lowest BCUT2D eigenvalue weighted by atomic mass is 9.94. The summed E-state index contributed by atoms with van der Waals surface area (Å²) in [6.45, 7) is 6.73. The van der Waals surface area contributed by atoms with Crippen molar-refractivity contribution >= 4 is 5.97 Å². The van der Waals surface area contributed by atoms with Crippen LogP contribution in [-0.2, 0) is 9.53 Å². The van der Waals surface area contributed by atoms with Crippen molar-refractivity contribution in [2.24, 2.45) is 0 Å². The Bertz CT molecular complexity index is 990. The number of benzene rings is 3. The van der Waals surface area contributed by atoms with Gasteiger partial charge in [0.25, 0.3) is 0 Å². The summed E-state index contributed by atoms with van der Waals surface area (Å²) < 4.78 is 11.4. The van der Waals surface area contributed by atoms with Crippen LogP contribution < -0.4 is 4.74 Å². The van der Waals surface area contributed by atoms with Crippen LogP contribution in [0.2, 0.25) is 0 Å². The highest BCUT2D eigenvalue weighted by Gasteiger charge is 2.12. The van der Waals surface area contributed by atoms with E-state index < -0.39 is 0 Å². The fourth-order valence-electron chi connectivity index (χ4n) is 3.90. The number of carbonyl (C=O) groups is 1. The molecule has 0 saturated carbocycles. The van der Waals surface area contributed by atoms with Crippen molar-refractivity contribution in [3.63, 3.8) is 0 Å². The van der Waals surface area contributed by atoms with Gasteiger partial charge in [-0.05, 0) is 53.3 Å². The molecule has 3 heteroatoms. The molecule has 3 nitrogen and oxygen atoms in total. The summed E-state index contributed by atoms with van der Waals surface area (Å²) in [5.41, 5.74) is 5.65. The van der Waals surface area contributed by atoms with Gasteiger partial charge in [0.1, 0.15) is 11.9 Å². The highest BCUT2D eigenvalue weighted by Crippen LogP contribution is 2.33. The molecule has 0 aliphatic rings. The second-order valence-corrected chi connectivity index (χ2v) is 8.44. The van der Waals surface area contributed by atoms with E-state index in [1.165, 1.54) is 36.8 Å². The molecular weight excluding hydrogens is 408 g/mol. The molecule has 174 valence electrons. The Kier molecular flexibility index (Phi) is 9.56. The van der Waals surface area contributed by atoms with Crippen LogP contribution in [0, 0.1) is 0 Å². The van der Waals surface area contributed by atoms with Crippen molar-refractivity contribution in [2.75, 3.05) is 6.61 Å². The van der Waals surface area contributed by atoms with Crippen LogP contribution in [0.1, 0.15) is 71.0 Å². The van der Waals surface area contributed by atoms with Gasteiger partial charge in [0.15, 0.2) is 0 Å². The molecule has 3 rings (SSSR count). The van der Waals surface area contributed by atoms with Gasteiger partial charge in [-0.25, -0.2) is 0 Å². The first-order chi connectivity index (χ1) is 16.1. The molecule has 0 fully saturated rings. The van der Waals surface area contributed by atoms with E-state index in [9.17, 15) is 4.79 Å². The number of esters is 1. The zero-order valence-electron chi connectivity index (χ0n) is 20.2. The van der Waals surface area contributed by atoms with Crippen LogP contribution in [0.5, 0.6) is 5.75 Å². The van der Waals surface area contributed by atoms with Crippen molar-refractivity contribution < 1.29 is 14.3 Å². The highest BCUT2D eigenvalue weighted by molar-refractivity contribution is 5.83. The Balaban J connectivity index is 1.68. The third-order valence-electron chi connectivity index (χ3n) is 5.90. The number of rotatable bonds is 12. The Morgan fingerprint density at radius 2 is 1.33 bits per heavy atom. The van der Waals surface area contributed by atoms with E-state index in [1.54, 1.807) is 0 Å². The summed E-state index contributed by atoms with van der Waals surface area (Å²) >= 11 is 0. The summed E-state index contributed by atoms with van der Waals surface area (Å²) in [7, 11) is 0. The largest absolute Gasteiger partial charge is 0.494 e. The Labute approximate surface area is 198 Å². The van der Waals surface area contributed by atoms with Crippen molar-refractivity contribution in [2.45, 2.75) is 65.4 Å². The smallest absolute Gasteiger partial charge is 0.306 e. The molecule has 0 heterocycles. The average molecular weight is 445 g/mol. The van der Waals surface area contributed by atoms with Crippen LogP contribution in [0.3, 0.4) is 0 Å². The number of ether oxygens (including phenoxy) is 2. The zero-order valence-corrected chi connectivity index (χ0v) is 20.2. The maximum Gasteiger partial charge on any atom is 0.306 e. The van der Waals surface area contributed by atoms with Crippen molar-refractivity contribution in [3.05, 3.63) is 78.4 Å². The van der Waals surface area contributed by atoms with E-state index >= 15 is 0 Å². The number of hydrogen-bond donors (Lipinski definition) is 0. The summed E-state index contributed by atoms with van der Waals surface area (Å²) in [4.78, 5) is 11.6. The summed E-state index contributed by atoms with van der Waals surface area (Å²) in [6, 6.07) is 25.1. The predicted molar refractivity (Wildman–Crippen MR) is 136 cm³/mol. The monoisotopic (exact) mass is 444 g/mol. The SMILES string of the molecule is CCCCCCCOc1ccc(-c2ccccc2-c2ccc(C(C)OC(=O)CC)cc2)cc1. The van der Waals surface area contributed by atoms with E-state index in [-0.39, 0.29) is 12.1 Å². The first kappa shape index (κ1) is 24.6. The third-order valence-corrected chi connectivity index (χ3v) is 5.90. The number of unbranched alkanes of at least 4 members (excludes halogenated alkanes) is 4. The van der Waals surface area contributed by atoms with Gasteiger partial charge in [-0.15, -0.1) is 0 Å². The Morgan fingerprint density at radius 1 is 0.758 bits per heavy atom. The quantitative estimate of drug-likeness (QED) is 0.208. The van der Waals surface area contributed by atoms with E-state index in [0.29, 0.717) is 6.42 Å². The van der Waals surface area contributed by atoms with Gasteiger partial charge in [-0.1, -0.05) is 100 Å². The first-order valence-electron chi connectivity index (χ1n) is 12.2. The highest BCUT2D eigenvalue weighted by atomic mass is 16.5. The van der Waals surface area contributed by atoms with Crippen LogP contribution in [0.15, 0.2) is 72.8 Å². The predicted octanol–water partition coefficient (Wildman–Crippen LogP) is 8.38. The molecule has 33 heavy (non-hydrogen) atoms. The summed E-state index contributed by atoms with van der Waals surface area (Å²) in [5, 5.41) is 0. The van der Waals surface area contributed by atoms with Crippen molar-refractivity contribution in [1.29, 1.82) is 0 Å². The lowest BCUT2D eigenvalue weighted by molar-refractivity contribution is -0.148. The minimum Gasteiger partial charge on any atom is -0.494 e. The number of hydrogen-bond acceptors (Lipinski definition) is 3. The second-order valence-electron chi connectivity index (χ2n) is 8.44. The molecular formula is C30H36O3. The summed E-state index contributed by atoms with van der Waals surface area (Å²) in [6.07, 6.45) is 6.34. The lowest BCUT2D eigenvalue weighted by Crippen LogP contribution is -2.07. The van der Waals surface area contributed by atoms with Crippen LogP contribution in [0.4, 0.5) is 0 Å². The van der Waals surface area contributed by atoms with Crippen LogP contribution in [-0.4, -0.2) is 12.6 Å². The first-order valence-corrected chi connectivity index (χ1v) is 12.2. The minimum atomic E-state index is -0.249. The van der Waals surface area contributed by atoms with E-state index in [0.717, 1.165) is 35.5 Å². The maximum absolute atomic E-state index is 11.6. The van der Waals surface area contributed by atoms with Gasteiger partial charge >= 0.3 is 5.97 Å².